The molecule has 9 heteroatoms. The summed E-state index contributed by atoms with van der Waals surface area (Å²) >= 11 is 0. The standard InChI is InChI=1S/C28H36N2O6.ClH/c1-19(32-2)36-24-9-8-21-16-23(7-6-22(21)17-24)28(31)30-12-10-29(11-13-30)18-20-14-25(33-3)27(35-5)26(15-20)34-4;/h8-9,14-17,19H,6-7,10-13,18H2,1-5H3;1H. The Labute approximate surface area is 225 Å². The molecule has 1 aliphatic carbocycles. The van der Waals surface area contributed by atoms with Gasteiger partial charge in [0.2, 0.25) is 11.7 Å². The number of piperazine rings is 1. The van der Waals surface area contributed by atoms with Crippen LogP contribution in [0.2, 0.25) is 0 Å². The molecule has 1 unspecified atom stereocenters. The summed E-state index contributed by atoms with van der Waals surface area (Å²) in [6.45, 7) is 5.64. The number of aryl methyl sites for hydroxylation is 1. The third kappa shape index (κ3) is 6.69. The van der Waals surface area contributed by atoms with E-state index in [4.69, 9.17) is 23.7 Å². The third-order valence-corrected chi connectivity index (χ3v) is 6.81. The second kappa shape index (κ2) is 13.0. The van der Waals surface area contributed by atoms with E-state index in [-0.39, 0.29) is 24.6 Å². The highest BCUT2D eigenvalue weighted by Crippen LogP contribution is 2.38. The van der Waals surface area contributed by atoms with E-state index < -0.39 is 0 Å². The number of ether oxygens (including phenoxy) is 5. The number of methoxy groups -OCH3 is 4. The molecule has 0 N–H and O–H groups in total. The second-order valence-electron chi connectivity index (χ2n) is 9.05. The third-order valence-electron chi connectivity index (χ3n) is 6.81. The normalized spacial score (nSPS) is 16.1. The SMILES string of the molecule is COc1cc(CN2CCN(C(=O)C3=Cc4ccc(OC(C)OC)cc4CC3)CC2)cc(OC)c1OC.Cl. The van der Waals surface area contributed by atoms with Crippen LogP contribution < -0.4 is 18.9 Å². The van der Waals surface area contributed by atoms with Crippen LogP contribution >= 0.6 is 12.4 Å². The molecule has 1 atom stereocenters. The van der Waals surface area contributed by atoms with Crippen molar-refractivity contribution in [3.05, 3.63) is 52.6 Å². The molecule has 37 heavy (non-hydrogen) atoms. The van der Waals surface area contributed by atoms with Crippen molar-refractivity contribution in [3.63, 3.8) is 0 Å². The molecule has 0 radical (unpaired) electrons. The number of benzene rings is 2. The van der Waals surface area contributed by atoms with Crippen LogP contribution in [0.25, 0.3) is 6.08 Å². The van der Waals surface area contributed by atoms with Crippen molar-refractivity contribution in [2.45, 2.75) is 32.6 Å². The maximum Gasteiger partial charge on any atom is 0.249 e. The summed E-state index contributed by atoms with van der Waals surface area (Å²) in [4.78, 5) is 17.6. The van der Waals surface area contributed by atoms with E-state index in [0.29, 0.717) is 30.3 Å². The number of hydrogen-bond acceptors (Lipinski definition) is 7. The van der Waals surface area contributed by atoms with E-state index in [1.807, 2.05) is 48.2 Å². The molecule has 2 aliphatic rings. The van der Waals surface area contributed by atoms with Gasteiger partial charge in [-0.3, -0.25) is 9.69 Å². The molecule has 4 rings (SSSR count). The fourth-order valence-corrected chi connectivity index (χ4v) is 4.75. The van der Waals surface area contributed by atoms with Crippen molar-refractivity contribution in [2.24, 2.45) is 0 Å². The summed E-state index contributed by atoms with van der Waals surface area (Å²) in [5, 5.41) is 0. The van der Waals surface area contributed by atoms with Crippen LogP contribution in [0, 0.1) is 0 Å². The van der Waals surface area contributed by atoms with Gasteiger partial charge in [-0.2, -0.15) is 0 Å². The number of hydrogen-bond donors (Lipinski definition) is 0. The molecular formula is C28H37ClN2O6. The summed E-state index contributed by atoms with van der Waals surface area (Å²) in [7, 11) is 6.47. The molecule has 0 aromatic heterocycles. The lowest BCUT2D eigenvalue weighted by molar-refractivity contribution is -0.129. The zero-order valence-electron chi connectivity index (χ0n) is 22.2. The number of carbonyl (C=O) groups excluding carboxylic acids is 1. The molecule has 1 heterocycles. The molecule has 1 amide bonds. The van der Waals surface area contributed by atoms with Crippen LogP contribution in [0.4, 0.5) is 0 Å². The average molecular weight is 533 g/mol. The highest BCUT2D eigenvalue weighted by Gasteiger charge is 2.26. The van der Waals surface area contributed by atoms with E-state index in [1.54, 1.807) is 28.4 Å². The van der Waals surface area contributed by atoms with Gasteiger partial charge in [-0.25, -0.2) is 0 Å². The summed E-state index contributed by atoms with van der Waals surface area (Å²) in [6.07, 6.45) is 3.30. The minimum atomic E-state index is -0.299. The van der Waals surface area contributed by atoms with Crippen molar-refractivity contribution in [1.82, 2.24) is 9.80 Å². The first kappa shape index (κ1) is 28.6. The predicted molar refractivity (Wildman–Crippen MR) is 145 cm³/mol. The largest absolute Gasteiger partial charge is 0.493 e. The zero-order valence-corrected chi connectivity index (χ0v) is 23.1. The quantitative estimate of drug-likeness (QED) is 0.449. The van der Waals surface area contributed by atoms with Gasteiger partial charge in [0.15, 0.2) is 17.8 Å². The molecule has 0 spiro atoms. The molecule has 2 aromatic carbocycles. The van der Waals surface area contributed by atoms with E-state index in [9.17, 15) is 4.79 Å². The van der Waals surface area contributed by atoms with Gasteiger partial charge in [-0.1, -0.05) is 6.07 Å². The first-order valence-corrected chi connectivity index (χ1v) is 12.3. The van der Waals surface area contributed by atoms with Crippen molar-refractivity contribution in [1.29, 1.82) is 0 Å². The monoisotopic (exact) mass is 532 g/mol. The molecule has 2 aromatic rings. The minimum Gasteiger partial charge on any atom is -0.493 e. The van der Waals surface area contributed by atoms with E-state index >= 15 is 0 Å². The number of rotatable bonds is 9. The van der Waals surface area contributed by atoms with Gasteiger partial charge >= 0.3 is 0 Å². The van der Waals surface area contributed by atoms with Crippen LogP contribution in [0.1, 0.15) is 30.0 Å². The number of carbonyl (C=O) groups is 1. The molecule has 0 bridgehead atoms. The zero-order chi connectivity index (χ0) is 25.7. The van der Waals surface area contributed by atoms with E-state index in [1.165, 1.54) is 5.56 Å². The van der Waals surface area contributed by atoms with Gasteiger partial charge in [0.05, 0.1) is 21.3 Å². The number of halogens is 1. The van der Waals surface area contributed by atoms with Crippen LogP contribution in [0.15, 0.2) is 35.9 Å². The topological polar surface area (TPSA) is 69.7 Å². The highest BCUT2D eigenvalue weighted by atomic mass is 35.5. The average Bonchev–Trinajstić information content (AvgIpc) is 2.92. The highest BCUT2D eigenvalue weighted by molar-refractivity contribution is 5.98. The molecular weight excluding hydrogens is 496 g/mol. The Balaban J connectivity index is 0.00000380. The Bertz CT molecular complexity index is 1090. The van der Waals surface area contributed by atoms with Crippen LogP contribution in [0.3, 0.4) is 0 Å². The van der Waals surface area contributed by atoms with Crippen molar-refractivity contribution in [2.75, 3.05) is 54.6 Å². The van der Waals surface area contributed by atoms with Crippen LogP contribution in [-0.4, -0.2) is 76.6 Å². The predicted octanol–water partition coefficient (Wildman–Crippen LogP) is 4.18. The Morgan fingerprint density at radius 3 is 2.19 bits per heavy atom. The Morgan fingerprint density at radius 2 is 1.59 bits per heavy atom. The first-order chi connectivity index (χ1) is 17.4. The molecule has 0 saturated carbocycles. The maximum absolute atomic E-state index is 13.3. The van der Waals surface area contributed by atoms with Crippen molar-refractivity contribution in [3.8, 4) is 23.0 Å². The summed E-state index contributed by atoms with van der Waals surface area (Å²) in [5.74, 6) is 2.82. The molecule has 1 aliphatic heterocycles. The summed E-state index contributed by atoms with van der Waals surface area (Å²) < 4.78 is 27.3. The van der Waals surface area contributed by atoms with Crippen LogP contribution in [-0.2, 0) is 22.5 Å². The van der Waals surface area contributed by atoms with E-state index in [0.717, 1.165) is 54.9 Å². The second-order valence-corrected chi connectivity index (χ2v) is 9.05. The lowest BCUT2D eigenvalue weighted by Gasteiger charge is -2.35. The number of amides is 1. The molecule has 202 valence electrons. The first-order valence-electron chi connectivity index (χ1n) is 12.3. The Morgan fingerprint density at radius 1 is 0.919 bits per heavy atom. The lowest BCUT2D eigenvalue weighted by Crippen LogP contribution is -2.48. The Hall–Kier alpha value is -2.94. The van der Waals surface area contributed by atoms with Gasteiger partial charge in [-0.05, 0) is 66.8 Å². The smallest absolute Gasteiger partial charge is 0.249 e. The summed E-state index contributed by atoms with van der Waals surface area (Å²) in [6, 6.07) is 9.96. The summed E-state index contributed by atoms with van der Waals surface area (Å²) in [5.41, 5.74) is 4.24. The van der Waals surface area contributed by atoms with Gasteiger partial charge in [0.25, 0.3) is 0 Å². The van der Waals surface area contributed by atoms with Crippen molar-refractivity contribution >= 4 is 24.4 Å². The van der Waals surface area contributed by atoms with Crippen molar-refractivity contribution < 1.29 is 28.5 Å². The van der Waals surface area contributed by atoms with Gasteiger partial charge < -0.3 is 28.6 Å². The minimum absolute atomic E-state index is 0. The molecule has 1 fully saturated rings. The molecule has 1 saturated heterocycles. The van der Waals surface area contributed by atoms with Crippen LogP contribution in [0.5, 0.6) is 23.0 Å². The Kier molecular flexibility index (Phi) is 10.1. The number of fused-ring (bicyclic) bond motifs is 1. The van der Waals surface area contributed by atoms with Gasteiger partial charge in [0, 0.05) is 45.4 Å². The maximum atomic E-state index is 13.3. The lowest BCUT2D eigenvalue weighted by atomic mass is 9.91. The van der Waals surface area contributed by atoms with Gasteiger partial charge in [0.1, 0.15) is 5.75 Å². The fraction of sp³-hybridized carbons (Fsp3) is 0.464. The molecule has 8 nitrogen and oxygen atoms in total. The fourth-order valence-electron chi connectivity index (χ4n) is 4.75. The number of nitrogens with zero attached hydrogens (tertiary/aromatic N) is 2. The van der Waals surface area contributed by atoms with Gasteiger partial charge in [-0.15, -0.1) is 12.4 Å². The van der Waals surface area contributed by atoms with E-state index in [2.05, 4.69) is 4.90 Å².